The van der Waals surface area contributed by atoms with Crippen LogP contribution in [0, 0.1) is 0 Å². The zero-order chi connectivity index (χ0) is 9.42. The molecule has 0 aliphatic rings. The number of hydrogen-bond donors (Lipinski definition) is 1. The molecule has 0 saturated carbocycles. The van der Waals surface area contributed by atoms with Gasteiger partial charge in [-0.25, -0.2) is 9.97 Å². The second-order valence-corrected chi connectivity index (χ2v) is 3.67. The summed E-state index contributed by atoms with van der Waals surface area (Å²) in [5, 5.41) is 0.514. The van der Waals surface area contributed by atoms with Crippen LogP contribution in [-0.2, 0) is 0 Å². The molecular formula is C9H10ClN3. The van der Waals surface area contributed by atoms with Crippen molar-refractivity contribution in [3.05, 3.63) is 23.2 Å². The smallest absolute Gasteiger partial charge is 0.131 e. The van der Waals surface area contributed by atoms with E-state index in [0.29, 0.717) is 11.1 Å². The lowest BCUT2D eigenvalue weighted by molar-refractivity contribution is 0.832. The van der Waals surface area contributed by atoms with Crippen LogP contribution in [0.15, 0.2) is 12.4 Å². The second-order valence-electron chi connectivity index (χ2n) is 3.28. The van der Waals surface area contributed by atoms with Gasteiger partial charge in [0, 0.05) is 6.07 Å². The number of imidazole rings is 1. The maximum Gasteiger partial charge on any atom is 0.131 e. The maximum absolute atomic E-state index is 5.87. The number of fused-ring (bicyclic) bond motifs is 1. The average molecular weight is 196 g/mol. The van der Waals surface area contributed by atoms with Crippen molar-refractivity contribution >= 4 is 22.6 Å². The molecule has 13 heavy (non-hydrogen) atoms. The molecule has 0 amide bonds. The van der Waals surface area contributed by atoms with E-state index in [2.05, 4.69) is 28.8 Å². The Kier molecular flexibility index (Phi) is 1.96. The number of pyridine rings is 1. The van der Waals surface area contributed by atoms with Gasteiger partial charge < -0.3 is 4.98 Å². The average Bonchev–Trinajstić information content (AvgIpc) is 2.49. The highest BCUT2D eigenvalue weighted by Crippen LogP contribution is 2.23. The monoisotopic (exact) mass is 195 g/mol. The molecule has 2 heterocycles. The van der Waals surface area contributed by atoms with Gasteiger partial charge in [0.05, 0.1) is 17.5 Å². The zero-order valence-corrected chi connectivity index (χ0v) is 8.26. The van der Waals surface area contributed by atoms with E-state index in [9.17, 15) is 0 Å². The van der Waals surface area contributed by atoms with Gasteiger partial charge in [-0.2, -0.15) is 0 Å². The fourth-order valence-corrected chi connectivity index (χ4v) is 1.54. The predicted octanol–water partition coefficient (Wildman–Crippen LogP) is 2.73. The molecule has 0 spiro atoms. The molecule has 2 aromatic heterocycles. The summed E-state index contributed by atoms with van der Waals surface area (Å²) in [7, 11) is 0. The lowest BCUT2D eigenvalue weighted by Gasteiger charge is -2.04. The minimum absolute atomic E-state index is 0.337. The summed E-state index contributed by atoms with van der Waals surface area (Å²) in [4.78, 5) is 11.5. The van der Waals surface area contributed by atoms with Gasteiger partial charge in [-0.15, -0.1) is 0 Å². The highest BCUT2D eigenvalue weighted by atomic mass is 35.5. The van der Waals surface area contributed by atoms with Gasteiger partial charge in [0.15, 0.2) is 0 Å². The van der Waals surface area contributed by atoms with E-state index in [4.69, 9.17) is 11.6 Å². The van der Waals surface area contributed by atoms with Crippen LogP contribution in [0.2, 0.25) is 5.15 Å². The summed E-state index contributed by atoms with van der Waals surface area (Å²) >= 11 is 5.87. The van der Waals surface area contributed by atoms with E-state index < -0.39 is 0 Å². The SMILES string of the molecule is CC(C)c1nc(Cl)cc2[nH]cnc12. The second kappa shape index (κ2) is 3.00. The van der Waals surface area contributed by atoms with Gasteiger partial charge in [-0.05, 0) is 5.92 Å². The van der Waals surface area contributed by atoms with Crippen molar-refractivity contribution in [1.82, 2.24) is 15.0 Å². The lowest BCUT2D eigenvalue weighted by atomic mass is 10.1. The van der Waals surface area contributed by atoms with E-state index in [-0.39, 0.29) is 0 Å². The Balaban J connectivity index is 2.77. The predicted molar refractivity (Wildman–Crippen MR) is 53.0 cm³/mol. The first-order chi connectivity index (χ1) is 6.18. The van der Waals surface area contributed by atoms with E-state index >= 15 is 0 Å². The first-order valence-corrected chi connectivity index (χ1v) is 4.56. The number of nitrogens with zero attached hydrogens (tertiary/aromatic N) is 2. The van der Waals surface area contributed by atoms with E-state index in [1.165, 1.54) is 0 Å². The Labute approximate surface area is 81.2 Å². The minimum Gasteiger partial charge on any atom is -0.344 e. The fourth-order valence-electron chi connectivity index (χ4n) is 1.34. The topological polar surface area (TPSA) is 41.6 Å². The first-order valence-electron chi connectivity index (χ1n) is 4.18. The number of aromatic amines is 1. The van der Waals surface area contributed by atoms with Crippen LogP contribution < -0.4 is 0 Å². The molecule has 0 atom stereocenters. The molecule has 68 valence electrons. The highest BCUT2D eigenvalue weighted by Gasteiger charge is 2.10. The summed E-state index contributed by atoms with van der Waals surface area (Å²) in [5.41, 5.74) is 2.81. The third-order valence-corrected chi connectivity index (χ3v) is 2.14. The number of H-pyrrole nitrogens is 1. The summed E-state index contributed by atoms with van der Waals surface area (Å²) < 4.78 is 0. The van der Waals surface area contributed by atoms with Gasteiger partial charge in [-0.3, -0.25) is 0 Å². The summed E-state index contributed by atoms with van der Waals surface area (Å²) in [5.74, 6) is 0.337. The van der Waals surface area contributed by atoms with Crippen molar-refractivity contribution in [2.24, 2.45) is 0 Å². The Hall–Kier alpha value is -1.09. The van der Waals surface area contributed by atoms with E-state index in [1.54, 1.807) is 12.4 Å². The molecule has 0 saturated heterocycles. The molecule has 4 heteroatoms. The number of halogens is 1. The summed E-state index contributed by atoms with van der Waals surface area (Å²) in [6, 6.07) is 1.79. The molecule has 1 N–H and O–H groups in total. The molecule has 0 bridgehead atoms. The van der Waals surface area contributed by atoms with Gasteiger partial charge in [-0.1, -0.05) is 25.4 Å². The number of nitrogens with one attached hydrogen (secondary N) is 1. The Morgan fingerprint density at radius 1 is 1.46 bits per heavy atom. The maximum atomic E-state index is 5.87. The van der Waals surface area contributed by atoms with Gasteiger partial charge in [0.25, 0.3) is 0 Å². The Morgan fingerprint density at radius 2 is 2.23 bits per heavy atom. The number of hydrogen-bond acceptors (Lipinski definition) is 2. The van der Waals surface area contributed by atoms with Crippen molar-refractivity contribution in [2.45, 2.75) is 19.8 Å². The van der Waals surface area contributed by atoms with Crippen LogP contribution in [0.1, 0.15) is 25.5 Å². The number of aromatic nitrogens is 3. The van der Waals surface area contributed by atoms with Crippen LogP contribution in [0.5, 0.6) is 0 Å². The third kappa shape index (κ3) is 1.40. The largest absolute Gasteiger partial charge is 0.344 e. The van der Waals surface area contributed by atoms with Crippen LogP contribution in [0.3, 0.4) is 0 Å². The quantitative estimate of drug-likeness (QED) is 0.711. The molecule has 2 rings (SSSR count). The van der Waals surface area contributed by atoms with Crippen LogP contribution in [0.4, 0.5) is 0 Å². The van der Waals surface area contributed by atoms with Crippen LogP contribution in [0.25, 0.3) is 11.0 Å². The highest BCUT2D eigenvalue weighted by molar-refractivity contribution is 6.30. The van der Waals surface area contributed by atoms with Crippen LogP contribution >= 0.6 is 11.6 Å². The Morgan fingerprint density at radius 3 is 2.92 bits per heavy atom. The fraction of sp³-hybridized carbons (Fsp3) is 0.333. The molecule has 0 unspecified atom stereocenters. The summed E-state index contributed by atoms with van der Waals surface area (Å²) in [6.07, 6.45) is 1.66. The lowest BCUT2D eigenvalue weighted by Crippen LogP contribution is -1.94. The van der Waals surface area contributed by atoms with E-state index in [0.717, 1.165) is 16.7 Å². The molecular weight excluding hydrogens is 186 g/mol. The Bertz CT molecular complexity index is 433. The van der Waals surface area contributed by atoms with Crippen LogP contribution in [-0.4, -0.2) is 15.0 Å². The zero-order valence-electron chi connectivity index (χ0n) is 7.50. The standard InChI is InChI=1S/C9H10ClN3/c1-5(2)8-9-6(11-4-12-9)3-7(10)13-8/h3-5H,1-2H3,(H,11,12). The van der Waals surface area contributed by atoms with Gasteiger partial charge in [0.2, 0.25) is 0 Å². The normalized spacial score (nSPS) is 11.4. The molecule has 0 radical (unpaired) electrons. The van der Waals surface area contributed by atoms with Gasteiger partial charge in [0.1, 0.15) is 10.7 Å². The third-order valence-electron chi connectivity index (χ3n) is 1.95. The summed E-state index contributed by atoms with van der Waals surface area (Å²) in [6.45, 7) is 4.15. The van der Waals surface area contributed by atoms with Crippen molar-refractivity contribution in [3.8, 4) is 0 Å². The molecule has 0 fully saturated rings. The first kappa shape index (κ1) is 8.51. The van der Waals surface area contributed by atoms with Crippen molar-refractivity contribution < 1.29 is 0 Å². The molecule has 0 aliphatic carbocycles. The van der Waals surface area contributed by atoms with Crippen molar-refractivity contribution in [2.75, 3.05) is 0 Å². The molecule has 0 aromatic carbocycles. The van der Waals surface area contributed by atoms with Crippen molar-refractivity contribution in [3.63, 3.8) is 0 Å². The molecule has 2 aromatic rings. The van der Waals surface area contributed by atoms with E-state index in [1.807, 2.05) is 0 Å². The van der Waals surface area contributed by atoms with Gasteiger partial charge >= 0.3 is 0 Å². The molecule has 3 nitrogen and oxygen atoms in total. The minimum atomic E-state index is 0.337. The number of rotatable bonds is 1. The van der Waals surface area contributed by atoms with Crippen molar-refractivity contribution in [1.29, 1.82) is 0 Å². The molecule has 0 aliphatic heterocycles.